The molecule has 0 atom stereocenters. The van der Waals surface area contributed by atoms with Gasteiger partial charge in [-0.1, -0.05) is 90.6 Å². The lowest BCUT2D eigenvalue weighted by Crippen LogP contribution is -2.53. The minimum absolute atomic E-state index is 0.738. The Balaban J connectivity index is 3.74. The van der Waals surface area contributed by atoms with Crippen LogP contribution in [0.3, 0.4) is 0 Å². The van der Waals surface area contributed by atoms with Crippen molar-refractivity contribution < 1.29 is 18.0 Å². The summed E-state index contributed by atoms with van der Waals surface area (Å²) in [6.45, 7) is 5.90. The zero-order valence-corrected chi connectivity index (χ0v) is 17.0. The largest absolute Gasteiger partial charge is 0.470 e. The Morgan fingerprint density at radius 2 is 1.21 bits per heavy atom. The van der Waals surface area contributed by atoms with Gasteiger partial charge in [-0.05, 0) is 6.04 Å². The Labute approximate surface area is 147 Å². The van der Waals surface area contributed by atoms with Gasteiger partial charge in [-0.25, -0.2) is 0 Å². The van der Waals surface area contributed by atoms with Crippen LogP contribution in [0.4, 0.5) is 13.2 Å². The lowest BCUT2D eigenvalue weighted by atomic mass is 10.1. The predicted molar refractivity (Wildman–Crippen MR) is 97.6 cm³/mol. The van der Waals surface area contributed by atoms with Crippen LogP contribution in [0, 0.1) is 0 Å². The van der Waals surface area contributed by atoms with E-state index in [-0.39, 0.29) is 0 Å². The third-order valence-electron chi connectivity index (χ3n) is 4.85. The summed E-state index contributed by atoms with van der Waals surface area (Å²) in [5, 5.41) is 0. The SMILES string of the molecule is CCCCCCCCCCCCC[Si](C)(C)N(C)C(=O)C(F)(F)F. The van der Waals surface area contributed by atoms with Crippen LogP contribution in [0.15, 0.2) is 0 Å². The molecule has 0 spiro atoms. The molecule has 24 heavy (non-hydrogen) atoms. The highest BCUT2D eigenvalue weighted by Gasteiger charge is 2.45. The highest BCUT2D eigenvalue weighted by atomic mass is 28.3. The molecular weight excluding hydrogens is 331 g/mol. The van der Waals surface area contributed by atoms with Crippen LogP contribution in [0.5, 0.6) is 0 Å². The number of halogens is 3. The molecular formula is C18H36F3NOSi. The fourth-order valence-electron chi connectivity index (χ4n) is 2.85. The number of rotatable bonds is 13. The standard InChI is InChI=1S/C18H36F3NOSi/c1-5-6-7-8-9-10-11-12-13-14-15-16-24(3,4)22(2)17(23)18(19,20)21/h5-16H2,1-4H3. The average molecular weight is 368 g/mol. The summed E-state index contributed by atoms with van der Waals surface area (Å²) in [6, 6.07) is 0.738. The summed E-state index contributed by atoms with van der Waals surface area (Å²) >= 11 is 0. The van der Waals surface area contributed by atoms with Gasteiger partial charge in [-0.2, -0.15) is 13.2 Å². The van der Waals surface area contributed by atoms with E-state index in [9.17, 15) is 18.0 Å². The molecule has 2 nitrogen and oxygen atoms in total. The molecule has 0 aromatic carbocycles. The molecule has 0 fully saturated rings. The first-order chi connectivity index (χ1) is 11.1. The van der Waals surface area contributed by atoms with E-state index in [4.69, 9.17) is 0 Å². The Morgan fingerprint density at radius 3 is 1.58 bits per heavy atom. The molecule has 0 saturated carbocycles. The van der Waals surface area contributed by atoms with Crippen LogP contribution in [0.25, 0.3) is 0 Å². The van der Waals surface area contributed by atoms with Gasteiger partial charge < -0.3 is 4.57 Å². The van der Waals surface area contributed by atoms with Crippen LogP contribution in [-0.2, 0) is 4.79 Å². The Kier molecular flexibility index (Phi) is 11.7. The number of nitrogens with zero attached hydrogens (tertiary/aromatic N) is 1. The average Bonchev–Trinajstić information content (AvgIpc) is 2.50. The van der Waals surface area contributed by atoms with Crippen LogP contribution >= 0.6 is 0 Å². The van der Waals surface area contributed by atoms with Gasteiger partial charge in [0.15, 0.2) is 8.24 Å². The van der Waals surface area contributed by atoms with Crippen molar-refractivity contribution in [2.24, 2.45) is 0 Å². The van der Waals surface area contributed by atoms with Gasteiger partial charge in [0.05, 0.1) is 0 Å². The number of carbonyl (C=O) groups is 1. The minimum Gasteiger partial charge on any atom is -0.365 e. The normalized spacial score (nSPS) is 12.5. The maximum absolute atomic E-state index is 12.5. The molecule has 0 bridgehead atoms. The van der Waals surface area contributed by atoms with E-state index >= 15 is 0 Å². The zero-order valence-electron chi connectivity index (χ0n) is 16.0. The number of unbranched alkanes of at least 4 members (excludes halogenated alkanes) is 10. The second-order valence-electron chi connectivity index (χ2n) is 7.46. The third-order valence-corrected chi connectivity index (χ3v) is 8.44. The number of carbonyl (C=O) groups excluding carboxylic acids is 1. The highest BCUT2D eigenvalue weighted by molar-refractivity contribution is 6.76. The fourth-order valence-corrected chi connectivity index (χ4v) is 4.98. The van der Waals surface area contributed by atoms with Crippen molar-refractivity contribution in [1.82, 2.24) is 4.57 Å². The van der Waals surface area contributed by atoms with Crippen LogP contribution in [0.1, 0.15) is 77.6 Å². The highest BCUT2D eigenvalue weighted by Crippen LogP contribution is 2.25. The van der Waals surface area contributed by atoms with Gasteiger partial charge in [0.2, 0.25) is 0 Å². The van der Waals surface area contributed by atoms with E-state index in [1.54, 1.807) is 0 Å². The van der Waals surface area contributed by atoms with E-state index < -0.39 is 20.3 Å². The second-order valence-corrected chi connectivity index (χ2v) is 12.3. The zero-order chi connectivity index (χ0) is 18.6. The molecule has 1 amide bonds. The van der Waals surface area contributed by atoms with Crippen molar-refractivity contribution in [3.8, 4) is 0 Å². The molecule has 0 aliphatic carbocycles. The van der Waals surface area contributed by atoms with E-state index in [2.05, 4.69) is 6.92 Å². The molecule has 0 N–H and O–H groups in total. The molecule has 0 aliphatic rings. The summed E-state index contributed by atoms with van der Waals surface area (Å²) in [7, 11) is -1.00. The molecule has 0 saturated heterocycles. The third kappa shape index (κ3) is 10.4. The minimum atomic E-state index is -4.75. The van der Waals surface area contributed by atoms with Gasteiger partial charge in [-0.15, -0.1) is 0 Å². The second kappa shape index (κ2) is 11.9. The molecule has 0 heterocycles. The van der Waals surface area contributed by atoms with Crippen molar-refractivity contribution in [2.75, 3.05) is 7.05 Å². The maximum atomic E-state index is 12.5. The lowest BCUT2D eigenvalue weighted by Gasteiger charge is -2.34. The quantitative estimate of drug-likeness (QED) is 0.268. The molecule has 0 radical (unpaired) electrons. The number of hydrogen-bond donors (Lipinski definition) is 0. The predicted octanol–water partition coefficient (Wildman–Crippen LogP) is 6.52. The first-order valence-electron chi connectivity index (χ1n) is 9.48. The van der Waals surface area contributed by atoms with Crippen molar-refractivity contribution in [3.63, 3.8) is 0 Å². The van der Waals surface area contributed by atoms with E-state index in [1.807, 2.05) is 13.1 Å². The Morgan fingerprint density at radius 1 is 0.833 bits per heavy atom. The molecule has 6 heteroatoms. The fraction of sp³-hybridized carbons (Fsp3) is 0.944. The maximum Gasteiger partial charge on any atom is 0.470 e. The summed E-state index contributed by atoms with van der Waals surface area (Å²) in [5.41, 5.74) is 0. The monoisotopic (exact) mass is 367 g/mol. The van der Waals surface area contributed by atoms with Crippen molar-refractivity contribution >= 4 is 14.1 Å². The Bertz CT molecular complexity index is 346. The lowest BCUT2D eigenvalue weighted by molar-refractivity contribution is -0.179. The molecule has 0 rings (SSSR count). The number of amides is 1. The van der Waals surface area contributed by atoms with E-state index in [1.165, 1.54) is 58.4 Å². The van der Waals surface area contributed by atoms with Crippen LogP contribution in [0.2, 0.25) is 19.1 Å². The Hall–Kier alpha value is -0.523. The molecule has 0 aliphatic heterocycles. The van der Waals surface area contributed by atoms with Crippen LogP contribution in [-0.4, -0.2) is 31.9 Å². The van der Waals surface area contributed by atoms with Crippen molar-refractivity contribution in [3.05, 3.63) is 0 Å². The van der Waals surface area contributed by atoms with Gasteiger partial charge in [0.25, 0.3) is 0 Å². The summed E-state index contributed by atoms with van der Waals surface area (Å²) in [5.74, 6) is -1.69. The van der Waals surface area contributed by atoms with Crippen molar-refractivity contribution in [2.45, 2.75) is 103 Å². The topological polar surface area (TPSA) is 20.3 Å². The molecule has 0 aromatic heterocycles. The first-order valence-corrected chi connectivity index (χ1v) is 12.6. The molecule has 144 valence electrons. The van der Waals surface area contributed by atoms with Gasteiger partial charge in [0, 0.05) is 7.05 Å². The first kappa shape index (κ1) is 23.5. The van der Waals surface area contributed by atoms with E-state index in [0.29, 0.717) is 0 Å². The molecule has 0 unspecified atom stereocenters. The van der Waals surface area contributed by atoms with E-state index in [0.717, 1.165) is 29.9 Å². The van der Waals surface area contributed by atoms with Crippen LogP contribution < -0.4 is 0 Å². The van der Waals surface area contributed by atoms with Crippen molar-refractivity contribution in [1.29, 1.82) is 0 Å². The smallest absolute Gasteiger partial charge is 0.365 e. The van der Waals surface area contributed by atoms with Gasteiger partial charge >= 0.3 is 12.1 Å². The summed E-state index contributed by atoms with van der Waals surface area (Å²) < 4.78 is 38.5. The summed E-state index contributed by atoms with van der Waals surface area (Å²) in [4.78, 5) is 11.3. The summed E-state index contributed by atoms with van der Waals surface area (Å²) in [6.07, 6.45) is 8.78. The molecule has 0 aromatic rings. The number of alkyl halides is 3. The van der Waals surface area contributed by atoms with Gasteiger partial charge in [0.1, 0.15) is 0 Å². The van der Waals surface area contributed by atoms with Gasteiger partial charge in [-0.3, -0.25) is 4.79 Å². The number of hydrogen-bond acceptors (Lipinski definition) is 1.